The maximum atomic E-state index is 13.1. The van der Waals surface area contributed by atoms with E-state index in [2.05, 4.69) is 25.5 Å². The van der Waals surface area contributed by atoms with Crippen LogP contribution in [0, 0.1) is 0 Å². The molecule has 4 rings (SSSR count). The van der Waals surface area contributed by atoms with E-state index in [1.165, 1.54) is 6.07 Å². The van der Waals surface area contributed by atoms with Crippen molar-refractivity contribution in [3.8, 4) is 0 Å². The number of alkyl halides is 3. The van der Waals surface area contributed by atoms with Gasteiger partial charge in [0.15, 0.2) is 5.65 Å². The number of carbonyl (C=O) groups is 1. The fraction of sp³-hybridized carbons (Fsp3) is 0.526. The maximum Gasteiger partial charge on any atom is 0.453 e. The molecule has 0 bridgehead atoms. The Kier molecular flexibility index (Phi) is 5.10. The van der Waals surface area contributed by atoms with Crippen molar-refractivity contribution in [3.05, 3.63) is 35.4 Å². The van der Waals surface area contributed by atoms with Crippen molar-refractivity contribution in [2.24, 2.45) is 0 Å². The van der Waals surface area contributed by atoms with E-state index in [-0.39, 0.29) is 17.0 Å². The van der Waals surface area contributed by atoms with Crippen molar-refractivity contribution in [2.45, 2.75) is 38.8 Å². The highest BCUT2D eigenvalue weighted by Gasteiger charge is 2.38. The molecule has 166 valence electrons. The lowest BCUT2D eigenvalue weighted by Gasteiger charge is -2.22. The topological polar surface area (TPSA) is 95.3 Å². The third-order valence-electron chi connectivity index (χ3n) is 5.21. The van der Waals surface area contributed by atoms with Crippen LogP contribution in [0.25, 0.3) is 5.65 Å². The van der Waals surface area contributed by atoms with Crippen LogP contribution >= 0.6 is 0 Å². The van der Waals surface area contributed by atoms with Gasteiger partial charge < -0.3 is 9.80 Å². The third-order valence-corrected chi connectivity index (χ3v) is 5.21. The molecule has 1 saturated heterocycles. The second kappa shape index (κ2) is 7.50. The average molecular weight is 436 g/mol. The normalized spacial score (nSPS) is 16.1. The number of nitrogens with zero attached hydrogens (tertiary/aromatic N) is 7. The summed E-state index contributed by atoms with van der Waals surface area (Å²) >= 11 is 0. The van der Waals surface area contributed by atoms with Gasteiger partial charge in [-0.25, -0.2) is 0 Å². The van der Waals surface area contributed by atoms with Gasteiger partial charge in [0.1, 0.15) is 11.5 Å². The first kappa shape index (κ1) is 21.1. The van der Waals surface area contributed by atoms with E-state index in [1.54, 1.807) is 17.0 Å². The van der Waals surface area contributed by atoms with Crippen molar-refractivity contribution < 1.29 is 18.0 Å². The third kappa shape index (κ3) is 4.19. The average Bonchev–Trinajstić information content (AvgIpc) is 3.28. The molecule has 0 unspecified atom stereocenters. The van der Waals surface area contributed by atoms with Crippen molar-refractivity contribution in [3.63, 3.8) is 0 Å². The van der Waals surface area contributed by atoms with Crippen LogP contribution in [0.4, 0.5) is 19.0 Å². The Morgan fingerprint density at radius 1 is 1.06 bits per heavy atom. The molecule has 1 amide bonds. The summed E-state index contributed by atoms with van der Waals surface area (Å²) < 4.78 is 40.1. The minimum absolute atomic E-state index is 0.0240. The number of H-pyrrole nitrogens is 1. The fourth-order valence-corrected chi connectivity index (χ4v) is 3.45. The van der Waals surface area contributed by atoms with Crippen LogP contribution < -0.4 is 4.90 Å². The Hall–Kier alpha value is -3.18. The zero-order valence-corrected chi connectivity index (χ0v) is 17.4. The largest absolute Gasteiger partial charge is 0.453 e. The molecule has 1 aliphatic heterocycles. The van der Waals surface area contributed by atoms with Gasteiger partial charge in [0.05, 0.1) is 0 Å². The van der Waals surface area contributed by atoms with Gasteiger partial charge in [-0.2, -0.15) is 22.8 Å². The summed E-state index contributed by atoms with van der Waals surface area (Å²) in [5, 5.41) is 17.9. The predicted molar refractivity (Wildman–Crippen MR) is 106 cm³/mol. The molecule has 0 saturated carbocycles. The molecule has 31 heavy (non-hydrogen) atoms. The number of rotatable bonds is 2. The van der Waals surface area contributed by atoms with Gasteiger partial charge in [-0.05, 0) is 24.6 Å². The van der Waals surface area contributed by atoms with E-state index < -0.39 is 12.0 Å². The molecule has 0 aliphatic carbocycles. The zero-order chi connectivity index (χ0) is 22.4. The lowest BCUT2D eigenvalue weighted by atomic mass is 9.92. The number of nitrogens with one attached hydrogen (secondary N) is 1. The molecule has 0 radical (unpaired) electrons. The number of hydrogen-bond donors (Lipinski definition) is 1. The summed E-state index contributed by atoms with van der Waals surface area (Å²) in [7, 11) is 0. The van der Waals surface area contributed by atoms with Gasteiger partial charge in [-0.3, -0.25) is 9.89 Å². The predicted octanol–water partition coefficient (Wildman–Crippen LogP) is 2.52. The number of hydrogen-bond acceptors (Lipinski definition) is 6. The molecule has 12 heteroatoms. The summed E-state index contributed by atoms with van der Waals surface area (Å²) in [5.41, 5.74) is 1.11. The first-order valence-corrected chi connectivity index (χ1v) is 9.94. The standard InChI is InChI=1S/C19H23F3N8O/c1-18(2,3)13-11-12(23-24-13)16(31)29-8-4-7-28(9-10-29)15-6-5-14-25-26-17(19(20,21)22)30(14)27-15/h5-6,11H,4,7-10H2,1-3H3,(H,23,24). The van der Waals surface area contributed by atoms with Crippen molar-refractivity contribution in [1.82, 2.24) is 34.9 Å². The molecule has 4 heterocycles. The van der Waals surface area contributed by atoms with Crippen LogP contribution in [-0.4, -0.2) is 67.0 Å². The summed E-state index contributed by atoms with van der Waals surface area (Å²) in [6.07, 6.45) is -4.00. The number of aromatic amines is 1. The molecule has 3 aromatic heterocycles. The number of aromatic nitrogens is 6. The number of anilines is 1. The van der Waals surface area contributed by atoms with Gasteiger partial charge in [-0.15, -0.1) is 15.3 Å². The van der Waals surface area contributed by atoms with Gasteiger partial charge in [0, 0.05) is 37.3 Å². The Bertz CT molecular complexity index is 1100. The van der Waals surface area contributed by atoms with E-state index in [0.29, 0.717) is 48.6 Å². The molecular formula is C19H23F3N8O. The van der Waals surface area contributed by atoms with Gasteiger partial charge in [0.2, 0.25) is 0 Å². The van der Waals surface area contributed by atoms with Crippen LogP contribution in [0.15, 0.2) is 18.2 Å². The molecular weight excluding hydrogens is 413 g/mol. The monoisotopic (exact) mass is 436 g/mol. The van der Waals surface area contributed by atoms with Crippen LogP contribution in [0.2, 0.25) is 0 Å². The second-order valence-corrected chi connectivity index (χ2v) is 8.53. The molecule has 0 aromatic carbocycles. The SMILES string of the molecule is CC(C)(C)c1cc(C(=O)N2CCCN(c3ccc4nnc(C(F)(F)F)n4n3)CC2)n[nH]1. The van der Waals surface area contributed by atoms with Crippen molar-refractivity contribution >= 4 is 17.4 Å². The van der Waals surface area contributed by atoms with E-state index in [1.807, 2.05) is 25.7 Å². The van der Waals surface area contributed by atoms with Crippen LogP contribution in [0.3, 0.4) is 0 Å². The van der Waals surface area contributed by atoms with Crippen molar-refractivity contribution in [2.75, 3.05) is 31.1 Å². The fourth-order valence-electron chi connectivity index (χ4n) is 3.45. The Labute approximate surface area is 176 Å². The summed E-state index contributed by atoms with van der Waals surface area (Å²) in [6.45, 7) is 8.01. The van der Waals surface area contributed by atoms with E-state index in [0.717, 1.165) is 5.69 Å². The molecule has 0 atom stereocenters. The highest BCUT2D eigenvalue weighted by molar-refractivity contribution is 5.92. The molecule has 1 fully saturated rings. The zero-order valence-electron chi connectivity index (χ0n) is 17.4. The van der Waals surface area contributed by atoms with E-state index in [9.17, 15) is 18.0 Å². The quantitative estimate of drug-likeness (QED) is 0.663. The first-order chi connectivity index (χ1) is 14.5. The minimum Gasteiger partial charge on any atom is -0.353 e. The summed E-state index contributed by atoms with van der Waals surface area (Å²) in [5.74, 6) is -0.957. The van der Waals surface area contributed by atoms with E-state index >= 15 is 0 Å². The van der Waals surface area contributed by atoms with Gasteiger partial charge in [0.25, 0.3) is 11.7 Å². The summed E-state index contributed by atoms with van der Waals surface area (Å²) in [4.78, 5) is 16.5. The van der Waals surface area contributed by atoms with Crippen LogP contribution in [0.5, 0.6) is 0 Å². The van der Waals surface area contributed by atoms with Gasteiger partial charge in [-0.1, -0.05) is 20.8 Å². The number of amides is 1. The highest BCUT2D eigenvalue weighted by atomic mass is 19.4. The highest BCUT2D eigenvalue weighted by Crippen LogP contribution is 2.28. The summed E-state index contributed by atoms with van der Waals surface area (Å²) in [6, 6.07) is 4.84. The number of fused-ring (bicyclic) bond motifs is 1. The number of halogens is 3. The maximum absolute atomic E-state index is 13.1. The first-order valence-electron chi connectivity index (χ1n) is 9.94. The van der Waals surface area contributed by atoms with Gasteiger partial charge >= 0.3 is 6.18 Å². The minimum atomic E-state index is -4.65. The van der Waals surface area contributed by atoms with Crippen molar-refractivity contribution in [1.29, 1.82) is 0 Å². The second-order valence-electron chi connectivity index (χ2n) is 8.53. The molecule has 0 spiro atoms. The molecule has 3 aromatic rings. The Balaban J connectivity index is 1.50. The van der Waals surface area contributed by atoms with Crippen LogP contribution in [-0.2, 0) is 11.6 Å². The molecule has 9 nitrogen and oxygen atoms in total. The van der Waals surface area contributed by atoms with E-state index in [4.69, 9.17) is 0 Å². The smallest absolute Gasteiger partial charge is 0.353 e. The Morgan fingerprint density at radius 3 is 2.52 bits per heavy atom. The Morgan fingerprint density at radius 2 is 1.84 bits per heavy atom. The lowest BCUT2D eigenvalue weighted by Crippen LogP contribution is -2.35. The molecule has 1 N–H and O–H groups in total. The number of carbonyl (C=O) groups excluding carboxylic acids is 1. The molecule has 1 aliphatic rings. The van der Waals surface area contributed by atoms with Crippen LogP contribution in [0.1, 0.15) is 49.2 Å². The lowest BCUT2D eigenvalue weighted by molar-refractivity contribution is -0.146.